The minimum Gasteiger partial charge on any atom is -0.344 e. The van der Waals surface area contributed by atoms with Crippen molar-refractivity contribution >= 4 is 23.5 Å². The van der Waals surface area contributed by atoms with Crippen LogP contribution in [0.1, 0.15) is 31.1 Å². The molecule has 1 aliphatic heterocycles. The number of hydrogen-bond donors (Lipinski definition) is 0. The number of hydrogen-bond acceptors (Lipinski definition) is 3. The van der Waals surface area contributed by atoms with Crippen molar-refractivity contribution in [3.8, 4) is 0 Å². The van der Waals surface area contributed by atoms with Crippen molar-refractivity contribution in [2.75, 3.05) is 5.01 Å². The number of halogens is 1. The van der Waals surface area contributed by atoms with Crippen LogP contribution in [-0.4, -0.2) is 12.4 Å². The molecule has 0 fully saturated rings. The Morgan fingerprint density at radius 1 is 1.19 bits per heavy atom. The molecule has 0 amide bonds. The SMILES string of the molecule is C/C=N\N1c2ccc(Cl)cc2C(c2ccccc2)OC1C. The van der Waals surface area contributed by atoms with Crippen LogP contribution in [0.2, 0.25) is 5.02 Å². The summed E-state index contributed by atoms with van der Waals surface area (Å²) in [4.78, 5) is 0. The molecule has 3 rings (SSSR count). The molecule has 3 nitrogen and oxygen atoms in total. The lowest BCUT2D eigenvalue weighted by atomic mass is 9.98. The Morgan fingerprint density at radius 2 is 1.95 bits per heavy atom. The Morgan fingerprint density at radius 3 is 2.67 bits per heavy atom. The lowest BCUT2D eigenvalue weighted by molar-refractivity contribution is 0.00756. The fourth-order valence-corrected chi connectivity index (χ4v) is 2.81. The van der Waals surface area contributed by atoms with Crippen LogP contribution in [0.4, 0.5) is 5.69 Å². The van der Waals surface area contributed by atoms with Crippen LogP contribution in [0.15, 0.2) is 53.6 Å². The number of hydrazone groups is 1. The molecule has 0 N–H and O–H groups in total. The zero-order chi connectivity index (χ0) is 14.8. The van der Waals surface area contributed by atoms with E-state index in [9.17, 15) is 0 Å². The average Bonchev–Trinajstić information content (AvgIpc) is 2.51. The van der Waals surface area contributed by atoms with Crippen LogP contribution >= 0.6 is 11.6 Å². The monoisotopic (exact) mass is 300 g/mol. The molecule has 0 radical (unpaired) electrons. The number of nitrogens with zero attached hydrogens (tertiary/aromatic N) is 2. The van der Waals surface area contributed by atoms with E-state index < -0.39 is 0 Å². The molecular weight excluding hydrogens is 284 g/mol. The Labute approximate surface area is 129 Å². The fraction of sp³-hybridized carbons (Fsp3) is 0.235. The molecule has 2 unspecified atom stereocenters. The van der Waals surface area contributed by atoms with E-state index in [4.69, 9.17) is 16.3 Å². The summed E-state index contributed by atoms with van der Waals surface area (Å²) in [5.74, 6) is 0. The second-order valence-corrected chi connectivity index (χ2v) is 5.38. The Bertz CT molecular complexity index is 657. The first-order valence-electron chi connectivity index (χ1n) is 6.98. The highest BCUT2D eigenvalue weighted by Gasteiger charge is 2.31. The first-order valence-corrected chi connectivity index (χ1v) is 7.36. The molecular formula is C17H17ClN2O. The predicted octanol–water partition coefficient (Wildman–Crippen LogP) is 4.62. The van der Waals surface area contributed by atoms with Gasteiger partial charge in [-0.05, 0) is 37.6 Å². The standard InChI is InChI=1S/C17H17ClN2O/c1-3-19-20-12(2)21-17(13-7-5-4-6-8-13)15-11-14(18)9-10-16(15)20/h3-12,17H,1-2H3/b19-3-. The highest BCUT2D eigenvalue weighted by Crippen LogP contribution is 2.41. The van der Waals surface area contributed by atoms with E-state index in [-0.39, 0.29) is 12.3 Å². The molecule has 0 aromatic heterocycles. The van der Waals surface area contributed by atoms with Gasteiger partial charge in [-0.25, -0.2) is 5.01 Å². The molecule has 4 heteroatoms. The number of fused-ring (bicyclic) bond motifs is 1. The van der Waals surface area contributed by atoms with Gasteiger partial charge >= 0.3 is 0 Å². The zero-order valence-electron chi connectivity index (χ0n) is 12.0. The summed E-state index contributed by atoms with van der Waals surface area (Å²) in [5.41, 5.74) is 3.19. The molecule has 0 spiro atoms. The third-order valence-electron chi connectivity index (χ3n) is 3.54. The van der Waals surface area contributed by atoms with Crippen molar-refractivity contribution < 1.29 is 4.74 Å². The van der Waals surface area contributed by atoms with Gasteiger partial charge in [0.1, 0.15) is 12.3 Å². The molecule has 1 heterocycles. The van der Waals surface area contributed by atoms with Crippen molar-refractivity contribution in [1.29, 1.82) is 0 Å². The summed E-state index contributed by atoms with van der Waals surface area (Å²) in [6.45, 7) is 3.89. The third-order valence-corrected chi connectivity index (χ3v) is 3.77. The van der Waals surface area contributed by atoms with Crippen molar-refractivity contribution in [3.63, 3.8) is 0 Å². The van der Waals surface area contributed by atoms with E-state index in [2.05, 4.69) is 17.2 Å². The number of ether oxygens (including phenoxy) is 1. The summed E-state index contributed by atoms with van der Waals surface area (Å²) < 4.78 is 6.17. The zero-order valence-corrected chi connectivity index (χ0v) is 12.8. The second kappa shape index (κ2) is 5.88. The molecule has 108 valence electrons. The van der Waals surface area contributed by atoms with Gasteiger partial charge in [-0.15, -0.1) is 0 Å². The maximum atomic E-state index is 6.18. The van der Waals surface area contributed by atoms with Crippen LogP contribution in [0, 0.1) is 0 Å². The van der Waals surface area contributed by atoms with Crippen LogP contribution < -0.4 is 5.01 Å². The van der Waals surface area contributed by atoms with E-state index in [0.29, 0.717) is 5.02 Å². The second-order valence-electron chi connectivity index (χ2n) is 4.95. The van der Waals surface area contributed by atoms with Gasteiger partial charge in [0.25, 0.3) is 0 Å². The van der Waals surface area contributed by atoms with Crippen molar-refractivity contribution in [3.05, 3.63) is 64.7 Å². The largest absolute Gasteiger partial charge is 0.344 e. The Hall–Kier alpha value is -1.84. The molecule has 0 saturated heterocycles. The van der Waals surface area contributed by atoms with E-state index >= 15 is 0 Å². The molecule has 21 heavy (non-hydrogen) atoms. The van der Waals surface area contributed by atoms with Crippen molar-refractivity contribution in [2.45, 2.75) is 26.2 Å². The lowest BCUT2D eigenvalue weighted by Gasteiger charge is -2.38. The highest BCUT2D eigenvalue weighted by molar-refractivity contribution is 6.30. The number of rotatable bonds is 2. The van der Waals surface area contributed by atoms with E-state index in [1.54, 1.807) is 6.21 Å². The third kappa shape index (κ3) is 2.67. The summed E-state index contributed by atoms with van der Waals surface area (Å²) in [6, 6.07) is 16.0. The smallest absolute Gasteiger partial charge is 0.149 e. The van der Waals surface area contributed by atoms with Crippen molar-refractivity contribution in [1.82, 2.24) is 0 Å². The summed E-state index contributed by atoms with van der Waals surface area (Å²) in [7, 11) is 0. The molecule has 0 bridgehead atoms. The topological polar surface area (TPSA) is 24.8 Å². The fourth-order valence-electron chi connectivity index (χ4n) is 2.63. The van der Waals surface area contributed by atoms with E-state index in [1.807, 2.05) is 55.3 Å². The molecule has 0 saturated carbocycles. The molecule has 0 aliphatic carbocycles. The normalized spacial score (nSPS) is 21.6. The lowest BCUT2D eigenvalue weighted by Crippen LogP contribution is -2.37. The van der Waals surface area contributed by atoms with Crippen LogP contribution in [0.5, 0.6) is 0 Å². The van der Waals surface area contributed by atoms with Crippen molar-refractivity contribution in [2.24, 2.45) is 5.10 Å². The van der Waals surface area contributed by atoms with E-state index in [1.165, 1.54) is 0 Å². The Kier molecular flexibility index (Phi) is 3.95. The predicted molar refractivity (Wildman–Crippen MR) is 86.9 cm³/mol. The van der Waals surface area contributed by atoms with Crippen LogP contribution in [-0.2, 0) is 4.74 Å². The minimum atomic E-state index is -0.139. The molecule has 1 aliphatic rings. The minimum absolute atomic E-state index is 0.127. The molecule has 2 atom stereocenters. The maximum Gasteiger partial charge on any atom is 0.149 e. The first-order chi connectivity index (χ1) is 10.2. The van der Waals surface area contributed by atoms with E-state index in [0.717, 1.165) is 16.8 Å². The summed E-state index contributed by atoms with van der Waals surface area (Å²) >= 11 is 6.18. The average molecular weight is 301 g/mol. The van der Waals surface area contributed by atoms with Gasteiger partial charge in [0.2, 0.25) is 0 Å². The van der Waals surface area contributed by atoms with Gasteiger partial charge in [-0.3, -0.25) is 0 Å². The highest BCUT2D eigenvalue weighted by atomic mass is 35.5. The van der Waals surface area contributed by atoms with Gasteiger partial charge in [0.05, 0.1) is 5.69 Å². The molecule has 2 aromatic carbocycles. The number of benzene rings is 2. The van der Waals surface area contributed by atoms with Crippen LogP contribution in [0.25, 0.3) is 0 Å². The first kappa shape index (κ1) is 14.1. The summed E-state index contributed by atoms with van der Waals surface area (Å²) in [6.07, 6.45) is 1.50. The van der Waals surface area contributed by atoms with Gasteiger partial charge in [-0.2, -0.15) is 5.10 Å². The molecule has 2 aromatic rings. The van der Waals surface area contributed by atoms with Crippen LogP contribution in [0.3, 0.4) is 0 Å². The van der Waals surface area contributed by atoms with Gasteiger partial charge in [0.15, 0.2) is 0 Å². The van der Waals surface area contributed by atoms with Gasteiger partial charge in [-0.1, -0.05) is 41.9 Å². The number of anilines is 1. The quantitative estimate of drug-likeness (QED) is 0.756. The van der Waals surface area contributed by atoms with Gasteiger partial charge in [0, 0.05) is 16.8 Å². The van der Waals surface area contributed by atoms with Gasteiger partial charge < -0.3 is 4.74 Å². The summed E-state index contributed by atoms with van der Waals surface area (Å²) in [5, 5.41) is 6.99. The maximum absolute atomic E-state index is 6.18. The Balaban J connectivity index is 2.13.